The van der Waals surface area contributed by atoms with E-state index in [0.717, 1.165) is 47.6 Å². The van der Waals surface area contributed by atoms with Gasteiger partial charge in [-0.15, -0.1) is 0 Å². The maximum absolute atomic E-state index is 5.90. The Balaban J connectivity index is 1.48. The van der Waals surface area contributed by atoms with Crippen molar-refractivity contribution >= 4 is 5.57 Å². The molecule has 3 heterocycles. The molecule has 3 saturated heterocycles. The molecule has 1 aromatic carbocycles. The van der Waals surface area contributed by atoms with Crippen molar-refractivity contribution in [2.45, 2.75) is 45.1 Å². The highest BCUT2D eigenvalue weighted by Crippen LogP contribution is 2.26. The summed E-state index contributed by atoms with van der Waals surface area (Å²) in [5, 5.41) is 0. The van der Waals surface area contributed by atoms with E-state index in [9.17, 15) is 0 Å². The third-order valence-corrected chi connectivity index (χ3v) is 4.81. The predicted octanol–water partition coefficient (Wildman–Crippen LogP) is 2.47. The van der Waals surface area contributed by atoms with E-state index in [2.05, 4.69) is 18.7 Å². The molecule has 6 nitrogen and oxygen atoms in total. The molecule has 0 radical (unpaired) electrons. The summed E-state index contributed by atoms with van der Waals surface area (Å²) in [6.07, 6.45) is 0.753. The summed E-state index contributed by atoms with van der Waals surface area (Å²) in [5.74, 6) is 0. The molecule has 0 aliphatic carbocycles. The average Bonchev–Trinajstić information content (AvgIpc) is 3.49. The lowest BCUT2D eigenvalue weighted by molar-refractivity contribution is 0.0847. The lowest BCUT2D eigenvalue weighted by Crippen LogP contribution is -2.11. The van der Waals surface area contributed by atoms with Crippen molar-refractivity contribution in [1.82, 2.24) is 0 Å². The van der Waals surface area contributed by atoms with Gasteiger partial charge in [0.25, 0.3) is 0 Å². The fourth-order valence-corrected chi connectivity index (χ4v) is 2.87. The maximum atomic E-state index is 5.90. The summed E-state index contributed by atoms with van der Waals surface area (Å²) in [6, 6.07) is 4.30. The summed E-state index contributed by atoms with van der Waals surface area (Å²) in [5.41, 5.74) is 5.50. The summed E-state index contributed by atoms with van der Waals surface area (Å²) in [7, 11) is 0. The monoisotopic (exact) mass is 376 g/mol. The van der Waals surface area contributed by atoms with Gasteiger partial charge in [-0.3, -0.25) is 0 Å². The first-order valence-electron chi connectivity index (χ1n) is 9.57. The van der Waals surface area contributed by atoms with Crippen LogP contribution in [-0.4, -0.2) is 58.0 Å². The second-order valence-electron chi connectivity index (χ2n) is 7.46. The fraction of sp³-hybridized carbons (Fsp3) is 0.619. The van der Waals surface area contributed by atoms with Crippen molar-refractivity contribution < 1.29 is 28.4 Å². The van der Waals surface area contributed by atoms with Crippen molar-refractivity contribution in [2.24, 2.45) is 0 Å². The highest BCUT2D eigenvalue weighted by molar-refractivity contribution is 5.63. The van der Waals surface area contributed by atoms with Gasteiger partial charge in [-0.05, 0) is 41.3 Å². The summed E-state index contributed by atoms with van der Waals surface area (Å²) in [4.78, 5) is 0. The van der Waals surface area contributed by atoms with Crippen LogP contribution in [0.1, 0.15) is 29.2 Å². The molecular formula is C21H28O6. The van der Waals surface area contributed by atoms with Gasteiger partial charge in [-0.25, -0.2) is 0 Å². The molecule has 3 aliphatic rings. The molecule has 3 fully saturated rings. The van der Waals surface area contributed by atoms with Gasteiger partial charge >= 0.3 is 0 Å². The molecule has 0 N–H and O–H groups in total. The number of hydrogen-bond donors (Lipinski definition) is 0. The molecule has 1 aromatic rings. The van der Waals surface area contributed by atoms with Crippen molar-refractivity contribution in [2.75, 3.05) is 39.6 Å². The standard InChI is InChI=1S/C21H28O6/c1-14(2)15-3-16(5-22-7-18-10-25-18)21(13-24-9-20-12-27-20)17(4-15)6-23-8-19-11-26-19/h3-4,18-20H,1,5-13H2,2H3. The van der Waals surface area contributed by atoms with Gasteiger partial charge in [-0.2, -0.15) is 0 Å². The quantitative estimate of drug-likeness (QED) is 0.493. The minimum atomic E-state index is 0.248. The smallest absolute Gasteiger partial charge is 0.104 e. The first-order chi connectivity index (χ1) is 13.2. The maximum Gasteiger partial charge on any atom is 0.104 e. The number of allylic oxidation sites excluding steroid dienone is 1. The molecule has 0 bridgehead atoms. The SMILES string of the molecule is C=C(C)c1cc(COCC2CO2)c(COCC2CO2)c(COCC2CO2)c1. The number of rotatable bonds is 13. The molecule has 3 aliphatic heterocycles. The van der Waals surface area contributed by atoms with Gasteiger partial charge in [0.15, 0.2) is 0 Å². The van der Waals surface area contributed by atoms with E-state index < -0.39 is 0 Å². The lowest BCUT2D eigenvalue weighted by atomic mass is 9.96. The van der Waals surface area contributed by atoms with E-state index in [0.29, 0.717) is 39.6 Å². The lowest BCUT2D eigenvalue weighted by Gasteiger charge is -2.18. The highest BCUT2D eigenvalue weighted by atomic mass is 16.6. The fourth-order valence-electron chi connectivity index (χ4n) is 2.87. The van der Waals surface area contributed by atoms with E-state index >= 15 is 0 Å². The molecule has 6 heteroatoms. The van der Waals surface area contributed by atoms with Crippen molar-refractivity contribution in [3.63, 3.8) is 0 Å². The second-order valence-corrected chi connectivity index (χ2v) is 7.46. The van der Waals surface area contributed by atoms with Crippen LogP contribution in [0.15, 0.2) is 18.7 Å². The second kappa shape index (κ2) is 8.82. The molecule has 3 atom stereocenters. The molecule has 0 saturated carbocycles. The molecule has 3 unspecified atom stereocenters. The zero-order valence-electron chi connectivity index (χ0n) is 15.9. The Kier molecular flexibility index (Phi) is 6.22. The van der Waals surface area contributed by atoms with E-state index in [-0.39, 0.29) is 18.3 Å². The Hall–Kier alpha value is -1.28. The number of epoxide rings is 3. The van der Waals surface area contributed by atoms with Crippen LogP contribution in [0.3, 0.4) is 0 Å². The van der Waals surface area contributed by atoms with Crippen LogP contribution in [0.25, 0.3) is 5.57 Å². The van der Waals surface area contributed by atoms with E-state index in [1.54, 1.807) is 0 Å². The number of benzene rings is 1. The van der Waals surface area contributed by atoms with Gasteiger partial charge in [0.1, 0.15) is 18.3 Å². The van der Waals surface area contributed by atoms with E-state index in [4.69, 9.17) is 28.4 Å². The molecule has 27 heavy (non-hydrogen) atoms. The van der Waals surface area contributed by atoms with Crippen LogP contribution in [-0.2, 0) is 48.2 Å². The van der Waals surface area contributed by atoms with Gasteiger partial charge in [0.05, 0.1) is 59.5 Å². The molecular weight excluding hydrogens is 348 g/mol. The molecule has 148 valence electrons. The van der Waals surface area contributed by atoms with Gasteiger partial charge < -0.3 is 28.4 Å². The van der Waals surface area contributed by atoms with Crippen molar-refractivity contribution in [3.8, 4) is 0 Å². The van der Waals surface area contributed by atoms with Crippen LogP contribution in [0.5, 0.6) is 0 Å². The number of ether oxygens (including phenoxy) is 6. The summed E-state index contributed by atoms with van der Waals surface area (Å²) in [6.45, 7) is 11.9. The topological polar surface area (TPSA) is 65.3 Å². The Morgan fingerprint density at radius 1 is 0.852 bits per heavy atom. The van der Waals surface area contributed by atoms with Crippen molar-refractivity contribution in [3.05, 3.63) is 41.0 Å². The first-order valence-corrected chi connectivity index (χ1v) is 9.57. The van der Waals surface area contributed by atoms with E-state index in [1.807, 2.05) is 6.92 Å². The van der Waals surface area contributed by atoms with Gasteiger partial charge in [0.2, 0.25) is 0 Å². The van der Waals surface area contributed by atoms with Crippen LogP contribution < -0.4 is 0 Å². The predicted molar refractivity (Wildman–Crippen MR) is 99.3 cm³/mol. The third kappa shape index (κ3) is 6.10. The Morgan fingerprint density at radius 3 is 1.63 bits per heavy atom. The van der Waals surface area contributed by atoms with Crippen LogP contribution >= 0.6 is 0 Å². The van der Waals surface area contributed by atoms with Crippen LogP contribution in [0.4, 0.5) is 0 Å². The minimum absolute atomic E-state index is 0.248. The third-order valence-electron chi connectivity index (χ3n) is 4.81. The minimum Gasteiger partial charge on any atom is -0.374 e. The summed E-state index contributed by atoms with van der Waals surface area (Å²) < 4.78 is 33.3. The molecule has 0 spiro atoms. The zero-order chi connectivity index (χ0) is 18.6. The zero-order valence-corrected chi connectivity index (χ0v) is 15.9. The Bertz CT molecular complexity index is 622. The molecule has 0 aromatic heterocycles. The van der Waals surface area contributed by atoms with E-state index in [1.165, 1.54) is 0 Å². The van der Waals surface area contributed by atoms with Crippen molar-refractivity contribution in [1.29, 1.82) is 0 Å². The number of hydrogen-bond acceptors (Lipinski definition) is 6. The Morgan fingerprint density at radius 2 is 1.26 bits per heavy atom. The molecule has 4 rings (SSSR count). The average molecular weight is 376 g/mol. The first kappa shape index (κ1) is 19.1. The van der Waals surface area contributed by atoms with Gasteiger partial charge in [-0.1, -0.05) is 12.2 Å². The normalized spacial score (nSPS) is 25.4. The highest BCUT2D eigenvalue weighted by Gasteiger charge is 2.25. The summed E-state index contributed by atoms with van der Waals surface area (Å²) >= 11 is 0. The largest absolute Gasteiger partial charge is 0.374 e. The van der Waals surface area contributed by atoms with Crippen LogP contribution in [0, 0.1) is 0 Å². The van der Waals surface area contributed by atoms with Crippen LogP contribution in [0.2, 0.25) is 0 Å². The van der Waals surface area contributed by atoms with Gasteiger partial charge in [0, 0.05) is 0 Å². The Labute approximate surface area is 160 Å². The molecule has 0 amide bonds.